The Morgan fingerprint density at radius 1 is 1.23 bits per heavy atom. The first-order valence-corrected chi connectivity index (χ1v) is 9.93. The number of aryl methyl sites for hydroxylation is 1. The molecule has 2 aromatic carbocycles. The zero-order chi connectivity index (χ0) is 21.5. The monoisotopic (exact) mass is 417 g/mol. The lowest BCUT2D eigenvalue weighted by atomic mass is 10.1. The SMILES string of the molecule is Cc1ccc(F)c(NC(=O)n2ccc3cc(Oc4ncnc5c4C(C)NC5)ccc32)c1. The van der Waals surface area contributed by atoms with Crippen molar-refractivity contribution < 1.29 is 13.9 Å². The molecule has 7 nitrogen and oxygen atoms in total. The van der Waals surface area contributed by atoms with Crippen LogP contribution in [0.15, 0.2) is 55.0 Å². The van der Waals surface area contributed by atoms with Gasteiger partial charge in [-0.15, -0.1) is 0 Å². The number of anilines is 1. The summed E-state index contributed by atoms with van der Waals surface area (Å²) >= 11 is 0. The maximum atomic E-state index is 14.0. The van der Waals surface area contributed by atoms with Crippen LogP contribution in [0.2, 0.25) is 0 Å². The van der Waals surface area contributed by atoms with E-state index in [-0.39, 0.29) is 11.7 Å². The summed E-state index contributed by atoms with van der Waals surface area (Å²) in [5.41, 5.74) is 3.58. The third-order valence-corrected chi connectivity index (χ3v) is 5.40. The third kappa shape index (κ3) is 3.51. The molecular formula is C23H20FN5O2. The molecule has 2 N–H and O–H groups in total. The van der Waals surface area contributed by atoms with Crippen molar-refractivity contribution in [1.29, 1.82) is 0 Å². The average molecular weight is 417 g/mol. The molecule has 1 amide bonds. The Labute approximate surface area is 177 Å². The van der Waals surface area contributed by atoms with Crippen LogP contribution in [0, 0.1) is 12.7 Å². The number of hydrogen-bond acceptors (Lipinski definition) is 5. The van der Waals surface area contributed by atoms with Crippen LogP contribution in [0.5, 0.6) is 11.6 Å². The minimum absolute atomic E-state index is 0.113. The summed E-state index contributed by atoms with van der Waals surface area (Å²) in [5.74, 6) is 0.650. The number of ether oxygens (including phenoxy) is 1. The molecule has 31 heavy (non-hydrogen) atoms. The molecule has 1 atom stereocenters. The van der Waals surface area contributed by atoms with Crippen molar-refractivity contribution in [3.05, 3.63) is 77.6 Å². The highest BCUT2D eigenvalue weighted by Crippen LogP contribution is 2.34. The number of hydrogen-bond donors (Lipinski definition) is 2. The molecule has 0 aliphatic carbocycles. The summed E-state index contributed by atoms with van der Waals surface area (Å²) in [6.07, 6.45) is 3.14. The topological polar surface area (TPSA) is 81.1 Å². The molecule has 156 valence electrons. The standard InChI is InChI=1S/C23H20FN5O2/c1-13-3-5-17(24)18(9-13)28-23(30)29-8-7-15-10-16(4-6-20(15)29)31-22-21-14(2)25-11-19(21)26-12-27-22/h3-10,12,14,25H,11H2,1-2H3,(H,28,30). The molecule has 0 radical (unpaired) electrons. The van der Waals surface area contributed by atoms with E-state index in [1.165, 1.54) is 17.0 Å². The van der Waals surface area contributed by atoms with Gasteiger partial charge in [-0.2, -0.15) is 0 Å². The van der Waals surface area contributed by atoms with E-state index in [4.69, 9.17) is 4.74 Å². The second kappa shape index (κ2) is 7.48. The van der Waals surface area contributed by atoms with Crippen molar-refractivity contribution in [3.63, 3.8) is 0 Å². The number of halogens is 1. The van der Waals surface area contributed by atoms with Gasteiger partial charge in [-0.1, -0.05) is 6.07 Å². The lowest BCUT2D eigenvalue weighted by molar-refractivity contribution is 0.254. The number of nitrogens with one attached hydrogen (secondary N) is 2. The summed E-state index contributed by atoms with van der Waals surface area (Å²) in [7, 11) is 0. The molecule has 0 saturated carbocycles. The second-order valence-corrected chi connectivity index (χ2v) is 7.56. The van der Waals surface area contributed by atoms with E-state index < -0.39 is 11.8 Å². The van der Waals surface area contributed by atoms with Gasteiger partial charge in [0, 0.05) is 24.2 Å². The Bertz CT molecular complexity index is 1320. The Morgan fingerprint density at radius 3 is 2.97 bits per heavy atom. The van der Waals surface area contributed by atoms with E-state index in [1.807, 2.05) is 26.0 Å². The summed E-state index contributed by atoms with van der Waals surface area (Å²) < 4.78 is 21.5. The van der Waals surface area contributed by atoms with Crippen LogP contribution >= 0.6 is 0 Å². The van der Waals surface area contributed by atoms with Gasteiger partial charge in [0.1, 0.15) is 17.9 Å². The quantitative estimate of drug-likeness (QED) is 0.495. The van der Waals surface area contributed by atoms with Gasteiger partial charge in [0.2, 0.25) is 5.88 Å². The Hall–Kier alpha value is -3.78. The zero-order valence-corrected chi connectivity index (χ0v) is 17.0. The van der Waals surface area contributed by atoms with Crippen molar-refractivity contribution >= 4 is 22.6 Å². The summed E-state index contributed by atoms with van der Waals surface area (Å²) in [5, 5.41) is 6.77. The smallest absolute Gasteiger partial charge is 0.330 e. The van der Waals surface area contributed by atoms with Gasteiger partial charge in [-0.25, -0.2) is 19.2 Å². The van der Waals surface area contributed by atoms with Gasteiger partial charge < -0.3 is 15.4 Å². The van der Waals surface area contributed by atoms with Crippen LogP contribution in [-0.4, -0.2) is 20.6 Å². The van der Waals surface area contributed by atoms with E-state index in [1.54, 1.807) is 30.5 Å². The largest absolute Gasteiger partial charge is 0.439 e. The van der Waals surface area contributed by atoms with E-state index in [2.05, 4.69) is 20.6 Å². The van der Waals surface area contributed by atoms with Crippen molar-refractivity contribution in [1.82, 2.24) is 19.9 Å². The lowest BCUT2D eigenvalue weighted by Gasteiger charge is -2.12. The molecule has 1 aliphatic heterocycles. The number of rotatable bonds is 3. The first-order valence-electron chi connectivity index (χ1n) is 9.93. The van der Waals surface area contributed by atoms with Gasteiger partial charge in [0.15, 0.2) is 0 Å². The highest BCUT2D eigenvalue weighted by molar-refractivity contribution is 5.98. The summed E-state index contributed by atoms with van der Waals surface area (Å²) in [6.45, 7) is 4.57. The van der Waals surface area contributed by atoms with Crippen LogP contribution < -0.4 is 15.4 Å². The number of benzene rings is 2. The van der Waals surface area contributed by atoms with Crippen LogP contribution in [0.1, 0.15) is 29.8 Å². The fraction of sp³-hybridized carbons (Fsp3) is 0.174. The minimum atomic E-state index is -0.479. The predicted molar refractivity (Wildman–Crippen MR) is 115 cm³/mol. The third-order valence-electron chi connectivity index (χ3n) is 5.40. The van der Waals surface area contributed by atoms with E-state index in [0.717, 1.165) is 22.2 Å². The zero-order valence-electron chi connectivity index (χ0n) is 17.0. The molecular weight excluding hydrogens is 397 g/mol. The van der Waals surface area contributed by atoms with Crippen molar-refractivity contribution in [2.24, 2.45) is 0 Å². The van der Waals surface area contributed by atoms with E-state index >= 15 is 0 Å². The number of carbonyl (C=O) groups excluding carboxylic acids is 1. The summed E-state index contributed by atoms with van der Waals surface area (Å²) in [4.78, 5) is 21.3. The Morgan fingerprint density at radius 2 is 2.10 bits per heavy atom. The number of carbonyl (C=O) groups is 1. The van der Waals surface area contributed by atoms with Gasteiger partial charge in [0.25, 0.3) is 0 Å². The minimum Gasteiger partial charge on any atom is -0.439 e. The first kappa shape index (κ1) is 19.2. The summed E-state index contributed by atoms with van der Waals surface area (Å²) in [6, 6.07) is 11.5. The molecule has 0 spiro atoms. The number of nitrogens with zero attached hydrogens (tertiary/aromatic N) is 3. The maximum Gasteiger partial charge on any atom is 0.330 e. The lowest BCUT2D eigenvalue weighted by Crippen LogP contribution is -2.19. The number of aromatic nitrogens is 3. The van der Waals surface area contributed by atoms with Gasteiger partial charge in [-0.05, 0) is 55.8 Å². The highest BCUT2D eigenvalue weighted by atomic mass is 19.1. The van der Waals surface area contributed by atoms with Crippen molar-refractivity contribution in [2.45, 2.75) is 26.4 Å². The molecule has 0 fully saturated rings. The van der Waals surface area contributed by atoms with Gasteiger partial charge in [-0.3, -0.25) is 4.57 Å². The molecule has 8 heteroatoms. The van der Waals surface area contributed by atoms with E-state index in [0.29, 0.717) is 23.7 Å². The fourth-order valence-electron chi connectivity index (χ4n) is 3.81. The first-order chi connectivity index (χ1) is 15.0. The molecule has 3 heterocycles. The Kier molecular flexibility index (Phi) is 4.63. The fourth-order valence-corrected chi connectivity index (χ4v) is 3.81. The molecule has 1 aliphatic rings. The van der Waals surface area contributed by atoms with Crippen molar-refractivity contribution in [2.75, 3.05) is 5.32 Å². The van der Waals surface area contributed by atoms with Crippen molar-refractivity contribution in [3.8, 4) is 11.6 Å². The van der Waals surface area contributed by atoms with Crippen LogP contribution in [0.4, 0.5) is 14.9 Å². The molecule has 0 saturated heterocycles. The predicted octanol–water partition coefficient (Wildman–Crippen LogP) is 4.92. The Balaban J connectivity index is 1.41. The average Bonchev–Trinajstić information content (AvgIpc) is 3.35. The van der Waals surface area contributed by atoms with Gasteiger partial charge >= 0.3 is 6.03 Å². The van der Waals surface area contributed by atoms with Crippen LogP contribution in [0.3, 0.4) is 0 Å². The molecule has 5 rings (SSSR count). The molecule has 0 bridgehead atoms. The molecule has 4 aromatic rings. The molecule has 2 aromatic heterocycles. The van der Waals surface area contributed by atoms with Gasteiger partial charge in [0.05, 0.1) is 22.5 Å². The van der Waals surface area contributed by atoms with Crippen LogP contribution in [0.25, 0.3) is 10.9 Å². The molecule has 1 unspecified atom stereocenters. The maximum absolute atomic E-state index is 14.0. The van der Waals surface area contributed by atoms with E-state index in [9.17, 15) is 9.18 Å². The normalized spacial score (nSPS) is 15.1. The second-order valence-electron chi connectivity index (χ2n) is 7.56. The number of amides is 1. The number of fused-ring (bicyclic) bond motifs is 2. The highest BCUT2D eigenvalue weighted by Gasteiger charge is 2.25. The van der Waals surface area contributed by atoms with Crippen LogP contribution in [-0.2, 0) is 6.54 Å².